The topological polar surface area (TPSA) is 67.8 Å². The van der Waals surface area contributed by atoms with Gasteiger partial charge in [0.05, 0.1) is 20.6 Å². The fourth-order valence-corrected chi connectivity index (χ4v) is 2.01. The first kappa shape index (κ1) is 15.3. The van der Waals surface area contributed by atoms with Crippen LogP contribution in [0.15, 0.2) is 18.2 Å². The van der Waals surface area contributed by atoms with Crippen LogP contribution < -0.4 is 14.8 Å². The molecule has 0 fully saturated rings. The van der Waals surface area contributed by atoms with Crippen molar-refractivity contribution in [1.29, 1.82) is 0 Å². The molecule has 0 saturated carbocycles. The molecule has 1 atom stereocenters. The van der Waals surface area contributed by atoms with E-state index in [9.17, 15) is 4.79 Å². The molecule has 0 aliphatic carbocycles. The number of hydrogen-bond acceptors (Lipinski definition) is 4. The minimum Gasteiger partial charge on any atom is -0.493 e. The van der Waals surface area contributed by atoms with Crippen LogP contribution in [0.5, 0.6) is 11.5 Å². The Hall–Kier alpha value is -1.75. The summed E-state index contributed by atoms with van der Waals surface area (Å²) in [5.41, 5.74) is 0.501. The molecule has 0 radical (unpaired) electrons. The van der Waals surface area contributed by atoms with Crippen LogP contribution in [0.3, 0.4) is 0 Å². The summed E-state index contributed by atoms with van der Waals surface area (Å²) >= 11 is 0. The van der Waals surface area contributed by atoms with Crippen molar-refractivity contribution < 1.29 is 19.4 Å². The highest BCUT2D eigenvalue weighted by atomic mass is 16.5. The van der Waals surface area contributed by atoms with E-state index in [-0.39, 0.29) is 6.42 Å². The lowest BCUT2D eigenvalue weighted by Gasteiger charge is -2.27. The first-order valence-electron chi connectivity index (χ1n) is 6.05. The number of likely N-dealkylation sites (N-methyl/N-ethyl adjacent to an activating group) is 1. The predicted molar refractivity (Wildman–Crippen MR) is 73.0 cm³/mol. The fraction of sp³-hybridized carbons (Fsp3) is 0.500. The number of nitrogens with one attached hydrogen (secondary N) is 1. The molecular formula is C14H21NO4. The lowest BCUT2D eigenvalue weighted by molar-refractivity contribution is -0.138. The second-order valence-electron chi connectivity index (χ2n) is 4.75. The van der Waals surface area contributed by atoms with E-state index in [4.69, 9.17) is 14.6 Å². The third-order valence-electron chi connectivity index (χ3n) is 3.19. The SMILES string of the molecule is CNC(C)(CC(=O)O)Cc1ccc(OC)c(OC)c1. The van der Waals surface area contributed by atoms with E-state index in [1.54, 1.807) is 21.3 Å². The number of aliphatic carboxylic acids is 1. The second-order valence-corrected chi connectivity index (χ2v) is 4.75. The minimum absolute atomic E-state index is 0.0534. The highest BCUT2D eigenvalue weighted by molar-refractivity contribution is 5.68. The van der Waals surface area contributed by atoms with Crippen molar-refractivity contribution in [3.63, 3.8) is 0 Å². The summed E-state index contributed by atoms with van der Waals surface area (Å²) in [5.74, 6) is 0.488. The Morgan fingerprint density at radius 3 is 2.42 bits per heavy atom. The molecule has 2 N–H and O–H groups in total. The van der Waals surface area contributed by atoms with Gasteiger partial charge in [-0.2, -0.15) is 0 Å². The quantitative estimate of drug-likeness (QED) is 0.787. The molecule has 1 unspecified atom stereocenters. The number of carbonyl (C=O) groups is 1. The summed E-state index contributed by atoms with van der Waals surface area (Å²) in [6.45, 7) is 1.89. The molecule has 0 heterocycles. The highest BCUT2D eigenvalue weighted by Crippen LogP contribution is 2.29. The van der Waals surface area contributed by atoms with E-state index in [1.807, 2.05) is 25.1 Å². The van der Waals surface area contributed by atoms with E-state index in [0.29, 0.717) is 17.9 Å². The average molecular weight is 267 g/mol. The summed E-state index contributed by atoms with van der Waals surface area (Å²) < 4.78 is 10.4. The van der Waals surface area contributed by atoms with Crippen molar-refractivity contribution in [3.05, 3.63) is 23.8 Å². The zero-order valence-electron chi connectivity index (χ0n) is 11.8. The van der Waals surface area contributed by atoms with Gasteiger partial charge in [-0.25, -0.2) is 0 Å². The predicted octanol–water partition coefficient (Wildman–Crippen LogP) is 1.70. The van der Waals surface area contributed by atoms with Gasteiger partial charge < -0.3 is 19.9 Å². The van der Waals surface area contributed by atoms with E-state index in [1.165, 1.54) is 0 Å². The fourth-order valence-electron chi connectivity index (χ4n) is 2.01. The Balaban J connectivity index is 2.94. The van der Waals surface area contributed by atoms with Crippen molar-refractivity contribution in [2.45, 2.75) is 25.3 Å². The standard InChI is InChI=1S/C14H21NO4/c1-14(15-2,9-13(16)17)8-10-5-6-11(18-3)12(7-10)19-4/h5-7,15H,8-9H2,1-4H3,(H,16,17). The molecule has 5 nitrogen and oxygen atoms in total. The molecule has 0 aliphatic heterocycles. The summed E-state index contributed by atoms with van der Waals surface area (Å²) in [7, 11) is 4.93. The molecular weight excluding hydrogens is 246 g/mol. The number of methoxy groups -OCH3 is 2. The van der Waals surface area contributed by atoms with Crippen molar-refractivity contribution in [2.24, 2.45) is 0 Å². The van der Waals surface area contributed by atoms with Gasteiger partial charge in [-0.15, -0.1) is 0 Å². The molecule has 0 aromatic heterocycles. The van der Waals surface area contributed by atoms with Crippen LogP contribution in [0.25, 0.3) is 0 Å². The summed E-state index contributed by atoms with van der Waals surface area (Å²) in [6, 6.07) is 5.61. The second kappa shape index (κ2) is 6.43. The van der Waals surface area contributed by atoms with Gasteiger partial charge in [-0.3, -0.25) is 4.79 Å². The molecule has 0 spiro atoms. The van der Waals surface area contributed by atoms with Gasteiger partial charge in [0.1, 0.15) is 0 Å². The van der Waals surface area contributed by atoms with Crippen molar-refractivity contribution in [2.75, 3.05) is 21.3 Å². The molecule has 19 heavy (non-hydrogen) atoms. The van der Waals surface area contributed by atoms with Crippen LogP contribution in [0.1, 0.15) is 18.9 Å². The number of rotatable bonds is 7. The van der Waals surface area contributed by atoms with Crippen LogP contribution in [-0.4, -0.2) is 37.9 Å². The normalized spacial score (nSPS) is 13.7. The Morgan fingerprint density at radius 1 is 1.32 bits per heavy atom. The third kappa shape index (κ3) is 4.13. The molecule has 0 amide bonds. The van der Waals surface area contributed by atoms with E-state index < -0.39 is 11.5 Å². The highest BCUT2D eigenvalue weighted by Gasteiger charge is 2.26. The van der Waals surface area contributed by atoms with Gasteiger partial charge in [-0.05, 0) is 38.1 Å². The van der Waals surface area contributed by atoms with Crippen LogP contribution in [-0.2, 0) is 11.2 Å². The molecule has 1 aromatic rings. The number of ether oxygens (including phenoxy) is 2. The average Bonchev–Trinajstić information content (AvgIpc) is 2.37. The third-order valence-corrected chi connectivity index (χ3v) is 3.19. The van der Waals surface area contributed by atoms with Gasteiger partial charge >= 0.3 is 5.97 Å². The van der Waals surface area contributed by atoms with Crippen LogP contribution in [0, 0.1) is 0 Å². The number of benzene rings is 1. The molecule has 0 bridgehead atoms. The van der Waals surface area contributed by atoms with Crippen molar-refractivity contribution in [3.8, 4) is 11.5 Å². The molecule has 0 aliphatic rings. The maximum absolute atomic E-state index is 10.9. The number of hydrogen-bond donors (Lipinski definition) is 2. The first-order chi connectivity index (χ1) is 8.94. The van der Waals surface area contributed by atoms with Crippen LogP contribution in [0.2, 0.25) is 0 Å². The Kier molecular flexibility index (Phi) is 5.18. The van der Waals surface area contributed by atoms with E-state index >= 15 is 0 Å². The Labute approximate surface area is 113 Å². The van der Waals surface area contributed by atoms with Crippen LogP contribution in [0.4, 0.5) is 0 Å². The summed E-state index contributed by atoms with van der Waals surface area (Å²) in [4.78, 5) is 10.9. The maximum Gasteiger partial charge on any atom is 0.305 e. The van der Waals surface area contributed by atoms with Gasteiger partial charge in [-0.1, -0.05) is 6.07 Å². The lowest BCUT2D eigenvalue weighted by atomic mass is 9.89. The van der Waals surface area contributed by atoms with E-state index in [2.05, 4.69) is 5.32 Å². The van der Waals surface area contributed by atoms with Crippen LogP contribution >= 0.6 is 0 Å². The largest absolute Gasteiger partial charge is 0.493 e. The Morgan fingerprint density at radius 2 is 1.95 bits per heavy atom. The van der Waals surface area contributed by atoms with Gasteiger partial charge in [0, 0.05) is 5.54 Å². The lowest BCUT2D eigenvalue weighted by Crippen LogP contribution is -2.43. The molecule has 1 rings (SSSR count). The maximum atomic E-state index is 10.9. The molecule has 1 aromatic carbocycles. The monoisotopic (exact) mass is 267 g/mol. The summed E-state index contributed by atoms with van der Waals surface area (Å²) in [6.07, 6.45) is 0.647. The van der Waals surface area contributed by atoms with Crippen molar-refractivity contribution >= 4 is 5.97 Å². The van der Waals surface area contributed by atoms with E-state index in [0.717, 1.165) is 5.56 Å². The Bertz CT molecular complexity index is 447. The number of carboxylic acid groups (broad SMARTS) is 1. The van der Waals surface area contributed by atoms with Gasteiger partial charge in [0.25, 0.3) is 0 Å². The zero-order valence-corrected chi connectivity index (χ0v) is 11.8. The van der Waals surface area contributed by atoms with Gasteiger partial charge in [0.2, 0.25) is 0 Å². The zero-order chi connectivity index (χ0) is 14.5. The van der Waals surface area contributed by atoms with Crippen molar-refractivity contribution in [1.82, 2.24) is 5.32 Å². The summed E-state index contributed by atoms with van der Waals surface area (Å²) in [5, 5.41) is 12.0. The van der Waals surface area contributed by atoms with Gasteiger partial charge in [0.15, 0.2) is 11.5 Å². The smallest absolute Gasteiger partial charge is 0.305 e. The minimum atomic E-state index is -0.822. The molecule has 0 saturated heterocycles. The molecule has 5 heteroatoms. The first-order valence-corrected chi connectivity index (χ1v) is 6.05. The molecule has 106 valence electrons. The number of carboxylic acids is 1.